The van der Waals surface area contributed by atoms with E-state index in [2.05, 4.69) is 0 Å². The van der Waals surface area contributed by atoms with Gasteiger partial charge in [0, 0.05) is 19.2 Å². The number of sulfone groups is 1. The molecule has 1 aromatic rings. The van der Waals surface area contributed by atoms with E-state index in [-0.39, 0.29) is 36.4 Å². The van der Waals surface area contributed by atoms with Crippen molar-refractivity contribution < 1.29 is 22.7 Å². The first-order valence-corrected chi connectivity index (χ1v) is 9.09. The molecule has 3 rings (SSSR count). The third-order valence-corrected chi connectivity index (χ3v) is 5.80. The van der Waals surface area contributed by atoms with Crippen LogP contribution in [0.25, 0.3) is 0 Å². The average molecular weight is 325 g/mol. The van der Waals surface area contributed by atoms with Crippen molar-refractivity contribution in [2.45, 2.75) is 6.42 Å². The van der Waals surface area contributed by atoms with E-state index >= 15 is 0 Å². The molecule has 0 aliphatic carbocycles. The number of hydrogen-bond donors (Lipinski definition) is 0. The summed E-state index contributed by atoms with van der Waals surface area (Å²) in [6.07, 6.45) is 0.613. The Bertz CT molecular complexity index is 671. The number of carbonyl (C=O) groups excluding carboxylic acids is 1. The summed E-state index contributed by atoms with van der Waals surface area (Å²) in [6.45, 7) is 0.891. The molecule has 2 aliphatic heterocycles. The lowest BCUT2D eigenvalue weighted by molar-refractivity contribution is -0.136. The van der Waals surface area contributed by atoms with E-state index in [4.69, 9.17) is 9.47 Å². The third-order valence-electron chi connectivity index (χ3n) is 4.19. The molecule has 0 spiro atoms. The largest absolute Gasteiger partial charge is 0.497 e. The van der Waals surface area contributed by atoms with Crippen molar-refractivity contribution in [3.05, 3.63) is 23.8 Å². The van der Waals surface area contributed by atoms with E-state index in [9.17, 15) is 13.2 Å². The lowest BCUT2D eigenvalue weighted by atomic mass is 9.95. The van der Waals surface area contributed by atoms with Crippen LogP contribution in [-0.4, -0.2) is 57.5 Å². The number of hydrogen-bond acceptors (Lipinski definition) is 5. The quantitative estimate of drug-likeness (QED) is 0.792. The van der Waals surface area contributed by atoms with E-state index in [1.807, 2.05) is 18.2 Å². The average Bonchev–Trinajstić information content (AvgIpc) is 2.53. The van der Waals surface area contributed by atoms with Crippen LogP contribution in [-0.2, 0) is 21.1 Å². The number of carbonyl (C=O) groups is 1. The number of amides is 1. The fraction of sp³-hybridized carbons (Fsp3) is 0.533. The Labute approximate surface area is 129 Å². The molecule has 6 nitrogen and oxygen atoms in total. The Morgan fingerprint density at radius 3 is 2.73 bits per heavy atom. The molecule has 7 heteroatoms. The van der Waals surface area contributed by atoms with Gasteiger partial charge in [-0.1, -0.05) is 6.07 Å². The number of methoxy groups -OCH3 is 1. The molecule has 2 heterocycles. The zero-order valence-corrected chi connectivity index (χ0v) is 13.3. The molecule has 2 aliphatic rings. The monoisotopic (exact) mass is 325 g/mol. The molecule has 0 bridgehead atoms. The van der Waals surface area contributed by atoms with E-state index < -0.39 is 9.84 Å². The van der Waals surface area contributed by atoms with Crippen molar-refractivity contribution in [3.63, 3.8) is 0 Å². The summed E-state index contributed by atoms with van der Waals surface area (Å²) in [5, 5.41) is 0. The van der Waals surface area contributed by atoms with E-state index in [0.29, 0.717) is 13.0 Å². The second-order valence-corrected chi connectivity index (χ2v) is 7.97. The van der Waals surface area contributed by atoms with Gasteiger partial charge in [0.1, 0.15) is 18.1 Å². The molecule has 0 radical (unpaired) electrons. The Morgan fingerprint density at radius 2 is 2.05 bits per heavy atom. The second-order valence-electron chi connectivity index (χ2n) is 5.66. The molecule has 22 heavy (non-hydrogen) atoms. The van der Waals surface area contributed by atoms with Gasteiger partial charge in [-0.05, 0) is 18.1 Å². The predicted octanol–water partition coefficient (Wildman–Crippen LogP) is 0.503. The number of ether oxygens (including phenoxy) is 2. The molecule has 1 aromatic carbocycles. The number of nitrogens with zero attached hydrogens (tertiary/aromatic N) is 1. The summed E-state index contributed by atoms with van der Waals surface area (Å²) >= 11 is 0. The molecule has 1 fully saturated rings. The number of benzene rings is 1. The minimum absolute atomic E-state index is 0.0173. The molecule has 1 unspecified atom stereocenters. The van der Waals surface area contributed by atoms with E-state index in [1.165, 1.54) is 0 Å². The summed E-state index contributed by atoms with van der Waals surface area (Å²) in [6, 6.07) is 5.58. The first kappa shape index (κ1) is 15.1. The lowest BCUT2D eigenvalue weighted by Gasteiger charge is -2.32. The van der Waals surface area contributed by atoms with Crippen molar-refractivity contribution in [2.24, 2.45) is 5.92 Å². The van der Waals surface area contributed by atoms with Crippen LogP contribution in [0.1, 0.15) is 5.56 Å². The summed E-state index contributed by atoms with van der Waals surface area (Å²) in [4.78, 5) is 14.2. The zero-order valence-electron chi connectivity index (χ0n) is 12.4. The van der Waals surface area contributed by atoms with Crippen molar-refractivity contribution >= 4 is 15.7 Å². The summed E-state index contributed by atoms with van der Waals surface area (Å²) < 4.78 is 33.7. The maximum Gasteiger partial charge on any atom is 0.229 e. The summed E-state index contributed by atoms with van der Waals surface area (Å²) in [5.74, 6) is 1.33. The van der Waals surface area contributed by atoms with Crippen molar-refractivity contribution in [3.8, 4) is 11.5 Å². The van der Waals surface area contributed by atoms with Gasteiger partial charge in [0.2, 0.25) is 5.91 Å². The van der Waals surface area contributed by atoms with Crippen LogP contribution in [0.4, 0.5) is 0 Å². The van der Waals surface area contributed by atoms with Crippen molar-refractivity contribution in [2.75, 3.05) is 38.3 Å². The zero-order chi connectivity index (χ0) is 15.7. The fourth-order valence-corrected chi connectivity index (χ4v) is 4.03. The molecule has 0 aromatic heterocycles. The lowest BCUT2D eigenvalue weighted by Crippen LogP contribution is -2.48. The van der Waals surface area contributed by atoms with Crippen LogP contribution in [0, 0.1) is 5.92 Å². The van der Waals surface area contributed by atoms with Crippen LogP contribution in [0.15, 0.2) is 18.2 Å². The molecular formula is C15H19NO5S. The van der Waals surface area contributed by atoms with Gasteiger partial charge in [0.05, 0.1) is 24.5 Å². The van der Waals surface area contributed by atoms with Crippen molar-refractivity contribution in [1.29, 1.82) is 0 Å². The normalized spacial score (nSPS) is 23.3. The van der Waals surface area contributed by atoms with Gasteiger partial charge in [0.25, 0.3) is 0 Å². The highest BCUT2D eigenvalue weighted by molar-refractivity contribution is 7.91. The topological polar surface area (TPSA) is 72.9 Å². The Morgan fingerprint density at radius 1 is 1.32 bits per heavy atom. The predicted molar refractivity (Wildman–Crippen MR) is 80.9 cm³/mol. The van der Waals surface area contributed by atoms with Gasteiger partial charge in [0.15, 0.2) is 9.84 Å². The highest BCUT2D eigenvalue weighted by Gasteiger charge is 2.32. The first-order chi connectivity index (χ1) is 10.5. The molecule has 120 valence electrons. The molecule has 1 amide bonds. The minimum Gasteiger partial charge on any atom is -0.497 e. The maximum absolute atomic E-state index is 12.5. The van der Waals surface area contributed by atoms with Gasteiger partial charge in [-0.3, -0.25) is 4.79 Å². The fourth-order valence-electron chi connectivity index (χ4n) is 2.83. The first-order valence-electron chi connectivity index (χ1n) is 7.27. The van der Waals surface area contributed by atoms with Gasteiger partial charge in [-0.15, -0.1) is 0 Å². The van der Waals surface area contributed by atoms with Crippen LogP contribution >= 0.6 is 0 Å². The minimum atomic E-state index is -2.98. The van der Waals surface area contributed by atoms with Gasteiger partial charge >= 0.3 is 0 Å². The van der Waals surface area contributed by atoms with Crippen LogP contribution < -0.4 is 9.47 Å². The SMILES string of the molecule is COc1ccc2c(c1)OCC(C(=O)N1CCS(=O)(=O)CC1)C2. The second kappa shape index (κ2) is 5.79. The number of rotatable bonds is 2. The summed E-state index contributed by atoms with van der Waals surface area (Å²) in [5.41, 5.74) is 0.982. The Kier molecular flexibility index (Phi) is 3.99. The highest BCUT2D eigenvalue weighted by atomic mass is 32.2. The highest BCUT2D eigenvalue weighted by Crippen LogP contribution is 2.31. The smallest absolute Gasteiger partial charge is 0.229 e. The summed E-state index contributed by atoms with van der Waals surface area (Å²) in [7, 11) is -1.38. The molecule has 0 N–H and O–H groups in total. The molecular weight excluding hydrogens is 306 g/mol. The van der Waals surface area contributed by atoms with Gasteiger partial charge in [-0.25, -0.2) is 8.42 Å². The molecule has 1 atom stereocenters. The molecule has 0 saturated carbocycles. The van der Waals surface area contributed by atoms with Gasteiger partial charge < -0.3 is 14.4 Å². The Balaban J connectivity index is 1.68. The maximum atomic E-state index is 12.5. The van der Waals surface area contributed by atoms with Crippen molar-refractivity contribution in [1.82, 2.24) is 4.90 Å². The van der Waals surface area contributed by atoms with Crippen LogP contribution in [0.3, 0.4) is 0 Å². The van der Waals surface area contributed by atoms with Crippen LogP contribution in [0.2, 0.25) is 0 Å². The van der Waals surface area contributed by atoms with E-state index in [1.54, 1.807) is 12.0 Å². The Hall–Kier alpha value is -1.76. The molecule has 1 saturated heterocycles. The van der Waals surface area contributed by atoms with E-state index in [0.717, 1.165) is 17.1 Å². The number of fused-ring (bicyclic) bond motifs is 1. The standard InChI is InChI=1S/C15H19NO5S/c1-20-13-3-2-11-8-12(10-21-14(11)9-13)15(17)16-4-6-22(18,19)7-5-16/h2-3,9,12H,4-8,10H2,1H3. The van der Waals surface area contributed by atoms with Crippen LogP contribution in [0.5, 0.6) is 11.5 Å². The third kappa shape index (κ3) is 3.04. The van der Waals surface area contributed by atoms with Gasteiger partial charge in [-0.2, -0.15) is 0 Å².